The lowest BCUT2D eigenvalue weighted by Gasteiger charge is -2.22. The fourth-order valence-electron chi connectivity index (χ4n) is 2.14. The molecule has 2 N–H and O–H groups in total. The van der Waals surface area contributed by atoms with Crippen LogP contribution < -0.4 is 10.6 Å². The van der Waals surface area contributed by atoms with Crippen molar-refractivity contribution in [1.29, 1.82) is 0 Å². The van der Waals surface area contributed by atoms with Crippen LogP contribution in [0.5, 0.6) is 0 Å². The van der Waals surface area contributed by atoms with Crippen LogP contribution in [0.2, 0.25) is 0 Å². The molecule has 24 heavy (non-hydrogen) atoms. The van der Waals surface area contributed by atoms with Gasteiger partial charge < -0.3 is 10.1 Å². The lowest BCUT2D eigenvalue weighted by atomic mass is 9.88. The smallest absolute Gasteiger partial charge is 0.412 e. The molecule has 0 spiro atoms. The third-order valence-electron chi connectivity index (χ3n) is 3.66. The highest BCUT2D eigenvalue weighted by atomic mass is 16.5. The monoisotopic (exact) mass is 327 g/mol. The number of hydrogen-bond acceptors (Lipinski definition) is 4. The van der Waals surface area contributed by atoms with Crippen molar-refractivity contribution in [3.05, 3.63) is 59.9 Å². The van der Waals surface area contributed by atoms with Crippen molar-refractivity contribution in [2.24, 2.45) is 0 Å². The number of carbonyl (C=O) groups is 2. The molecule has 2 rings (SSSR count). The van der Waals surface area contributed by atoms with E-state index < -0.39 is 11.5 Å². The Morgan fingerprint density at radius 2 is 1.83 bits per heavy atom. The van der Waals surface area contributed by atoms with Gasteiger partial charge in [0.2, 0.25) is 5.91 Å². The highest BCUT2D eigenvalue weighted by molar-refractivity contribution is 5.87. The van der Waals surface area contributed by atoms with Crippen LogP contribution in [0.4, 0.5) is 10.5 Å². The van der Waals surface area contributed by atoms with Gasteiger partial charge in [0.05, 0.1) is 23.0 Å². The summed E-state index contributed by atoms with van der Waals surface area (Å²) in [5, 5.41) is 5.22. The largest absolute Gasteiger partial charge is 0.444 e. The molecule has 0 bridgehead atoms. The van der Waals surface area contributed by atoms with Gasteiger partial charge in [-0.05, 0) is 31.5 Å². The Morgan fingerprint density at radius 1 is 1.12 bits per heavy atom. The van der Waals surface area contributed by atoms with E-state index in [9.17, 15) is 9.59 Å². The molecule has 0 saturated heterocycles. The molecule has 0 fully saturated rings. The van der Waals surface area contributed by atoms with Crippen LogP contribution in [0, 0.1) is 0 Å². The van der Waals surface area contributed by atoms with Crippen molar-refractivity contribution in [2.45, 2.75) is 25.9 Å². The van der Waals surface area contributed by atoms with E-state index >= 15 is 0 Å². The maximum absolute atomic E-state index is 11.9. The molecule has 0 saturated carbocycles. The number of nitrogens with zero attached hydrogens (tertiary/aromatic N) is 1. The quantitative estimate of drug-likeness (QED) is 0.885. The van der Waals surface area contributed by atoms with Gasteiger partial charge in [0, 0.05) is 7.05 Å². The normalized spacial score (nSPS) is 10.8. The molecular weight excluding hydrogens is 306 g/mol. The van der Waals surface area contributed by atoms with Gasteiger partial charge in [-0.25, -0.2) is 4.79 Å². The molecule has 1 aromatic carbocycles. The van der Waals surface area contributed by atoms with E-state index in [2.05, 4.69) is 15.6 Å². The highest BCUT2D eigenvalue weighted by Crippen LogP contribution is 2.22. The van der Waals surface area contributed by atoms with Gasteiger partial charge in [-0.3, -0.25) is 15.1 Å². The van der Waals surface area contributed by atoms with Crippen LogP contribution in [0.3, 0.4) is 0 Å². The van der Waals surface area contributed by atoms with Gasteiger partial charge in [-0.15, -0.1) is 0 Å². The fourth-order valence-corrected chi connectivity index (χ4v) is 2.14. The van der Waals surface area contributed by atoms with Crippen molar-refractivity contribution in [2.75, 3.05) is 12.4 Å². The first kappa shape index (κ1) is 17.5. The number of amides is 2. The summed E-state index contributed by atoms with van der Waals surface area (Å²) < 4.78 is 5.14. The molecule has 0 aliphatic heterocycles. The van der Waals surface area contributed by atoms with E-state index in [0.29, 0.717) is 11.4 Å². The first-order chi connectivity index (χ1) is 11.4. The Balaban J connectivity index is 1.94. The Bertz CT molecular complexity index is 697. The van der Waals surface area contributed by atoms with Gasteiger partial charge in [-0.1, -0.05) is 30.3 Å². The van der Waals surface area contributed by atoms with E-state index in [1.807, 2.05) is 30.3 Å². The maximum Gasteiger partial charge on any atom is 0.412 e. The van der Waals surface area contributed by atoms with Crippen LogP contribution in [0.1, 0.15) is 25.1 Å². The topological polar surface area (TPSA) is 80.3 Å². The summed E-state index contributed by atoms with van der Waals surface area (Å²) >= 11 is 0. The first-order valence-electron chi connectivity index (χ1n) is 7.60. The van der Waals surface area contributed by atoms with Gasteiger partial charge in [0.1, 0.15) is 6.61 Å². The summed E-state index contributed by atoms with van der Waals surface area (Å²) in [6, 6.07) is 12.8. The average molecular weight is 327 g/mol. The Kier molecular flexibility index (Phi) is 5.52. The first-order valence-corrected chi connectivity index (χ1v) is 7.60. The predicted molar refractivity (Wildman–Crippen MR) is 91.6 cm³/mol. The molecule has 2 amide bonds. The third-order valence-corrected chi connectivity index (χ3v) is 3.66. The summed E-state index contributed by atoms with van der Waals surface area (Å²) in [5.74, 6) is -0.127. The lowest BCUT2D eigenvalue weighted by Crippen LogP contribution is -2.38. The van der Waals surface area contributed by atoms with Crippen LogP contribution in [-0.4, -0.2) is 24.0 Å². The minimum atomic E-state index is -0.749. The number of pyridine rings is 1. The molecule has 1 heterocycles. The van der Waals surface area contributed by atoms with E-state index in [4.69, 9.17) is 4.74 Å². The third kappa shape index (κ3) is 4.32. The van der Waals surface area contributed by atoms with Crippen molar-refractivity contribution in [1.82, 2.24) is 10.3 Å². The fraction of sp³-hybridized carbons (Fsp3) is 0.278. The number of rotatable bonds is 5. The zero-order valence-corrected chi connectivity index (χ0v) is 14.0. The predicted octanol–water partition coefficient (Wildman–Crippen LogP) is 2.85. The van der Waals surface area contributed by atoms with Crippen molar-refractivity contribution in [3.63, 3.8) is 0 Å². The molecule has 2 aromatic rings. The van der Waals surface area contributed by atoms with E-state index in [-0.39, 0.29) is 12.5 Å². The number of aromatic nitrogens is 1. The zero-order valence-electron chi connectivity index (χ0n) is 14.0. The second-order valence-corrected chi connectivity index (χ2v) is 5.82. The molecule has 6 heteroatoms. The summed E-state index contributed by atoms with van der Waals surface area (Å²) in [4.78, 5) is 27.9. The Labute approximate surface area is 141 Å². The summed E-state index contributed by atoms with van der Waals surface area (Å²) in [7, 11) is 1.59. The van der Waals surface area contributed by atoms with Gasteiger partial charge in [0.15, 0.2) is 0 Å². The number of nitrogens with one attached hydrogen (secondary N) is 2. The molecule has 0 radical (unpaired) electrons. The number of benzene rings is 1. The molecule has 0 aliphatic rings. The number of ether oxygens (including phenoxy) is 1. The van der Waals surface area contributed by atoms with Crippen molar-refractivity contribution >= 4 is 17.7 Å². The van der Waals surface area contributed by atoms with Crippen LogP contribution in [0.15, 0.2) is 48.7 Å². The summed E-state index contributed by atoms with van der Waals surface area (Å²) in [6.07, 6.45) is 0.947. The number of carbonyl (C=O) groups excluding carboxylic acids is 2. The van der Waals surface area contributed by atoms with Crippen LogP contribution in [-0.2, 0) is 21.6 Å². The van der Waals surface area contributed by atoms with Gasteiger partial charge in [0.25, 0.3) is 0 Å². The summed E-state index contributed by atoms with van der Waals surface area (Å²) in [5.41, 5.74) is 1.28. The Hall–Kier alpha value is -2.89. The minimum Gasteiger partial charge on any atom is -0.444 e. The van der Waals surface area contributed by atoms with Crippen LogP contribution in [0.25, 0.3) is 0 Å². The van der Waals surface area contributed by atoms with E-state index in [1.165, 1.54) is 6.20 Å². The van der Waals surface area contributed by atoms with E-state index in [0.717, 1.165) is 5.56 Å². The molecular formula is C18H21N3O3. The second-order valence-electron chi connectivity index (χ2n) is 5.82. The minimum absolute atomic E-state index is 0.127. The summed E-state index contributed by atoms with van der Waals surface area (Å²) in [6.45, 7) is 3.77. The number of hydrogen-bond donors (Lipinski definition) is 2. The average Bonchev–Trinajstić information content (AvgIpc) is 2.60. The molecule has 0 atom stereocenters. The Morgan fingerprint density at radius 3 is 2.42 bits per heavy atom. The standard InChI is InChI=1S/C18H21N3O3/c1-18(2,16(22)19-3)15-10-9-14(11-20-15)21-17(23)24-12-13-7-5-4-6-8-13/h4-11H,12H2,1-3H3,(H,19,22)(H,21,23). The second kappa shape index (κ2) is 7.59. The van der Waals surface area contributed by atoms with Crippen molar-refractivity contribution in [3.8, 4) is 0 Å². The molecule has 6 nitrogen and oxygen atoms in total. The number of likely N-dealkylation sites (N-methyl/N-ethyl adjacent to an activating group) is 1. The van der Waals surface area contributed by atoms with Gasteiger partial charge in [-0.2, -0.15) is 0 Å². The molecule has 126 valence electrons. The highest BCUT2D eigenvalue weighted by Gasteiger charge is 2.30. The van der Waals surface area contributed by atoms with Crippen LogP contribution >= 0.6 is 0 Å². The van der Waals surface area contributed by atoms with Crippen molar-refractivity contribution < 1.29 is 14.3 Å². The number of anilines is 1. The molecule has 0 aliphatic carbocycles. The SMILES string of the molecule is CNC(=O)C(C)(C)c1ccc(NC(=O)OCc2ccccc2)cn1. The maximum atomic E-state index is 11.9. The van der Waals surface area contributed by atoms with Gasteiger partial charge >= 0.3 is 6.09 Å². The lowest BCUT2D eigenvalue weighted by molar-refractivity contribution is -0.125. The molecule has 1 aromatic heterocycles. The zero-order chi connectivity index (χ0) is 17.6. The van der Waals surface area contributed by atoms with E-state index in [1.54, 1.807) is 33.0 Å². The molecule has 0 unspecified atom stereocenters.